The first-order valence-electron chi connectivity index (χ1n) is 4.68. The molecule has 1 N–H and O–H groups in total. The smallest absolute Gasteiger partial charge is 0.335 e. The second-order valence-corrected chi connectivity index (χ2v) is 4.17. The van der Waals surface area contributed by atoms with Crippen LogP contribution in [0.2, 0.25) is 0 Å². The summed E-state index contributed by atoms with van der Waals surface area (Å²) in [6.45, 7) is 3.72. The Bertz CT molecular complexity index is 399. The maximum atomic E-state index is 10.6. The molecule has 0 atom stereocenters. The lowest BCUT2D eigenvalue weighted by atomic mass is 9.87. The SMILES string of the molecule is CC(C)(C#N)Cc1ccc(C(=O)O)cc1. The van der Waals surface area contributed by atoms with E-state index in [9.17, 15) is 4.79 Å². The monoisotopic (exact) mass is 203 g/mol. The second kappa shape index (κ2) is 4.14. The van der Waals surface area contributed by atoms with Gasteiger partial charge in [0.15, 0.2) is 0 Å². The Morgan fingerprint density at radius 2 is 1.93 bits per heavy atom. The number of carbonyl (C=O) groups is 1. The largest absolute Gasteiger partial charge is 0.478 e. The third-order valence-electron chi connectivity index (χ3n) is 2.15. The van der Waals surface area contributed by atoms with Crippen molar-refractivity contribution in [2.45, 2.75) is 20.3 Å². The first-order valence-corrected chi connectivity index (χ1v) is 4.68. The number of nitrogens with zero attached hydrogens (tertiary/aromatic N) is 1. The highest BCUT2D eigenvalue weighted by atomic mass is 16.4. The number of carboxylic acids is 1. The van der Waals surface area contributed by atoms with Crippen LogP contribution < -0.4 is 0 Å². The van der Waals surface area contributed by atoms with Gasteiger partial charge < -0.3 is 5.11 Å². The molecule has 0 aromatic heterocycles. The lowest BCUT2D eigenvalue weighted by molar-refractivity contribution is 0.0697. The average Bonchev–Trinajstić information content (AvgIpc) is 2.18. The Labute approximate surface area is 89.0 Å². The van der Waals surface area contributed by atoms with Gasteiger partial charge in [0.05, 0.1) is 17.0 Å². The van der Waals surface area contributed by atoms with Crippen LogP contribution in [-0.2, 0) is 6.42 Å². The molecule has 0 unspecified atom stereocenters. The van der Waals surface area contributed by atoms with Crippen LogP contribution in [0.5, 0.6) is 0 Å². The van der Waals surface area contributed by atoms with Crippen molar-refractivity contribution in [1.29, 1.82) is 5.26 Å². The average molecular weight is 203 g/mol. The molecule has 78 valence electrons. The lowest BCUT2D eigenvalue weighted by Crippen LogP contribution is -2.11. The number of nitriles is 1. The molecule has 0 saturated heterocycles. The van der Waals surface area contributed by atoms with Gasteiger partial charge >= 0.3 is 5.97 Å². The molecule has 1 rings (SSSR count). The number of aromatic carboxylic acids is 1. The van der Waals surface area contributed by atoms with Crippen molar-refractivity contribution >= 4 is 5.97 Å². The molecule has 15 heavy (non-hydrogen) atoms. The summed E-state index contributed by atoms with van der Waals surface area (Å²) >= 11 is 0. The zero-order valence-electron chi connectivity index (χ0n) is 8.82. The molecule has 0 spiro atoms. The van der Waals surface area contributed by atoms with Crippen molar-refractivity contribution in [2.24, 2.45) is 5.41 Å². The molecule has 0 radical (unpaired) electrons. The lowest BCUT2D eigenvalue weighted by Gasteiger charge is -2.14. The van der Waals surface area contributed by atoms with E-state index in [1.807, 2.05) is 13.8 Å². The van der Waals surface area contributed by atoms with Gasteiger partial charge in [-0.25, -0.2) is 4.79 Å². The quantitative estimate of drug-likeness (QED) is 0.820. The van der Waals surface area contributed by atoms with E-state index in [-0.39, 0.29) is 5.56 Å². The Balaban J connectivity index is 2.83. The van der Waals surface area contributed by atoms with Gasteiger partial charge in [-0.2, -0.15) is 5.26 Å². The summed E-state index contributed by atoms with van der Waals surface area (Å²) in [7, 11) is 0. The van der Waals surface area contributed by atoms with Crippen LogP contribution in [0, 0.1) is 16.7 Å². The van der Waals surface area contributed by atoms with Gasteiger partial charge in [-0.3, -0.25) is 0 Å². The molecule has 3 nitrogen and oxygen atoms in total. The van der Waals surface area contributed by atoms with Crippen molar-refractivity contribution < 1.29 is 9.90 Å². The molecular weight excluding hydrogens is 190 g/mol. The predicted octanol–water partition coefficient (Wildman–Crippen LogP) is 2.48. The van der Waals surface area contributed by atoms with Crippen molar-refractivity contribution in [3.8, 4) is 6.07 Å². The van der Waals surface area contributed by atoms with E-state index in [1.165, 1.54) is 0 Å². The van der Waals surface area contributed by atoms with Gasteiger partial charge in [-0.15, -0.1) is 0 Å². The van der Waals surface area contributed by atoms with Crippen molar-refractivity contribution in [3.05, 3.63) is 35.4 Å². The van der Waals surface area contributed by atoms with Crippen LogP contribution in [0.1, 0.15) is 29.8 Å². The third kappa shape index (κ3) is 3.10. The zero-order chi connectivity index (χ0) is 11.5. The minimum absolute atomic E-state index is 0.272. The van der Waals surface area contributed by atoms with Gasteiger partial charge in [0, 0.05) is 0 Å². The van der Waals surface area contributed by atoms with Gasteiger partial charge in [0.25, 0.3) is 0 Å². The van der Waals surface area contributed by atoms with Crippen LogP contribution in [0.4, 0.5) is 0 Å². The molecule has 0 aliphatic carbocycles. The number of hydrogen-bond donors (Lipinski definition) is 1. The highest BCUT2D eigenvalue weighted by Crippen LogP contribution is 2.20. The molecule has 1 aromatic carbocycles. The summed E-state index contributed by atoms with van der Waals surface area (Å²) in [4.78, 5) is 10.6. The summed E-state index contributed by atoms with van der Waals surface area (Å²) in [5.41, 5.74) is 0.838. The standard InChI is InChI=1S/C12H13NO2/c1-12(2,8-13)7-9-3-5-10(6-4-9)11(14)15/h3-6H,7H2,1-2H3,(H,14,15). The number of rotatable bonds is 3. The molecule has 0 fully saturated rings. The molecule has 3 heteroatoms. The fourth-order valence-electron chi connectivity index (χ4n) is 1.32. The highest BCUT2D eigenvalue weighted by molar-refractivity contribution is 5.87. The summed E-state index contributed by atoms with van der Waals surface area (Å²) in [5.74, 6) is -0.930. The van der Waals surface area contributed by atoms with E-state index in [1.54, 1.807) is 24.3 Å². The van der Waals surface area contributed by atoms with E-state index < -0.39 is 11.4 Å². The normalized spacial score (nSPS) is 10.7. The molecule has 0 saturated carbocycles. The number of hydrogen-bond acceptors (Lipinski definition) is 2. The first kappa shape index (κ1) is 11.3. The van der Waals surface area contributed by atoms with Crippen LogP contribution in [0.15, 0.2) is 24.3 Å². The molecule has 0 heterocycles. The summed E-state index contributed by atoms with van der Waals surface area (Å²) in [6, 6.07) is 8.84. The van der Waals surface area contributed by atoms with E-state index in [4.69, 9.17) is 10.4 Å². The minimum Gasteiger partial charge on any atom is -0.478 e. The van der Waals surface area contributed by atoms with E-state index in [0.717, 1.165) is 5.56 Å². The van der Waals surface area contributed by atoms with Crippen LogP contribution in [-0.4, -0.2) is 11.1 Å². The van der Waals surface area contributed by atoms with Crippen molar-refractivity contribution in [3.63, 3.8) is 0 Å². The Kier molecular flexibility index (Phi) is 3.11. The van der Waals surface area contributed by atoms with Gasteiger partial charge in [-0.1, -0.05) is 12.1 Å². The van der Waals surface area contributed by atoms with Crippen molar-refractivity contribution in [2.75, 3.05) is 0 Å². The van der Waals surface area contributed by atoms with E-state index in [0.29, 0.717) is 6.42 Å². The zero-order valence-corrected chi connectivity index (χ0v) is 8.82. The van der Waals surface area contributed by atoms with Gasteiger partial charge in [0.2, 0.25) is 0 Å². The molecule has 1 aromatic rings. The van der Waals surface area contributed by atoms with Gasteiger partial charge in [0.1, 0.15) is 0 Å². The topological polar surface area (TPSA) is 61.1 Å². The first-order chi connectivity index (χ1) is 6.94. The highest BCUT2D eigenvalue weighted by Gasteiger charge is 2.17. The van der Waals surface area contributed by atoms with Crippen LogP contribution in [0.25, 0.3) is 0 Å². The Morgan fingerprint density at radius 1 is 1.40 bits per heavy atom. The Hall–Kier alpha value is -1.82. The molecule has 0 amide bonds. The van der Waals surface area contributed by atoms with E-state index in [2.05, 4.69) is 6.07 Å². The Morgan fingerprint density at radius 3 is 2.33 bits per heavy atom. The molecule has 0 bridgehead atoms. The predicted molar refractivity (Wildman–Crippen MR) is 56.5 cm³/mol. The molecular formula is C12H13NO2. The summed E-state index contributed by atoms with van der Waals surface area (Å²) in [5, 5.41) is 17.6. The van der Waals surface area contributed by atoms with Gasteiger partial charge in [-0.05, 0) is 38.0 Å². The van der Waals surface area contributed by atoms with Crippen LogP contribution >= 0.6 is 0 Å². The fraction of sp³-hybridized carbons (Fsp3) is 0.333. The maximum absolute atomic E-state index is 10.6. The summed E-state index contributed by atoms with van der Waals surface area (Å²) < 4.78 is 0. The van der Waals surface area contributed by atoms with E-state index >= 15 is 0 Å². The van der Waals surface area contributed by atoms with Crippen molar-refractivity contribution in [1.82, 2.24) is 0 Å². The molecule has 0 aliphatic rings. The maximum Gasteiger partial charge on any atom is 0.335 e. The minimum atomic E-state index is -0.930. The number of benzene rings is 1. The number of carboxylic acid groups (broad SMARTS) is 1. The summed E-state index contributed by atoms with van der Waals surface area (Å²) in [6.07, 6.45) is 0.628. The van der Waals surface area contributed by atoms with Crippen LogP contribution in [0.3, 0.4) is 0 Å². The molecule has 0 aliphatic heterocycles. The second-order valence-electron chi connectivity index (χ2n) is 4.17. The third-order valence-corrected chi connectivity index (χ3v) is 2.15. The fourth-order valence-corrected chi connectivity index (χ4v) is 1.32.